The number of hydrogen-bond donors (Lipinski definition) is 1. The molecule has 0 radical (unpaired) electrons. The molecule has 0 aromatic carbocycles. The molecule has 3 atom stereocenters. The van der Waals surface area contributed by atoms with Crippen LogP contribution in [0.15, 0.2) is 0 Å². The molecule has 0 spiro atoms. The van der Waals surface area contributed by atoms with Gasteiger partial charge in [-0.25, -0.2) is 0 Å². The van der Waals surface area contributed by atoms with Crippen molar-refractivity contribution in [2.75, 3.05) is 6.61 Å². The lowest BCUT2D eigenvalue weighted by Crippen LogP contribution is -2.56. The summed E-state index contributed by atoms with van der Waals surface area (Å²) in [4.78, 5) is 0. The van der Waals surface area contributed by atoms with Gasteiger partial charge in [0, 0.05) is 6.61 Å². The number of rotatable bonds is 1. The Labute approximate surface area is 68.8 Å². The zero-order valence-corrected chi connectivity index (χ0v) is 7.72. The number of fused-ring (bicyclic) bond motifs is 1. The van der Waals surface area contributed by atoms with Crippen molar-refractivity contribution >= 4 is 0 Å². The number of aliphatic hydroxyl groups is 1. The molecule has 3 fully saturated rings. The first-order chi connectivity index (χ1) is 5.04. The minimum absolute atomic E-state index is 0.407. The van der Waals surface area contributed by atoms with Crippen molar-refractivity contribution in [3.63, 3.8) is 0 Å². The third-order valence-corrected chi connectivity index (χ3v) is 4.87. The molecular formula is C10H18O. The van der Waals surface area contributed by atoms with Crippen molar-refractivity contribution in [2.24, 2.45) is 22.7 Å². The van der Waals surface area contributed by atoms with Gasteiger partial charge >= 0.3 is 0 Å². The first-order valence-electron chi connectivity index (χ1n) is 4.65. The Hall–Kier alpha value is -0.0400. The predicted molar refractivity (Wildman–Crippen MR) is 45.2 cm³/mol. The van der Waals surface area contributed by atoms with E-state index < -0.39 is 0 Å². The van der Waals surface area contributed by atoms with E-state index in [0.29, 0.717) is 23.4 Å². The van der Waals surface area contributed by atoms with Crippen LogP contribution in [0, 0.1) is 22.7 Å². The van der Waals surface area contributed by atoms with Gasteiger partial charge in [0.05, 0.1) is 0 Å². The largest absolute Gasteiger partial charge is 0.396 e. The van der Waals surface area contributed by atoms with Crippen LogP contribution >= 0.6 is 0 Å². The van der Waals surface area contributed by atoms with Crippen molar-refractivity contribution in [3.05, 3.63) is 0 Å². The lowest BCUT2D eigenvalue weighted by atomic mass is 9.45. The molecule has 3 aliphatic carbocycles. The van der Waals surface area contributed by atoms with Gasteiger partial charge in [-0.05, 0) is 35.5 Å². The summed E-state index contributed by atoms with van der Waals surface area (Å²) < 4.78 is 0. The van der Waals surface area contributed by atoms with Crippen LogP contribution in [-0.4, -0.2) is 11.7 Å². The molecule has 3 rings (SSSR count). The maximum Gasteiger partial charge on any atom is 0.0467 e. The van der Waals surface area contributed by atoms with E-state index in [2.05, 4.69) is 20.8 Å². The van der Waals surface area contributed by atoms with Crippen molar-refractivity contribution in [1.82, 2.24) is 0 Å². The molecule has 11 heavy (non-hydrogen) atoms. The average Bonchev–Trinajstić information content (AvgIpc) is 2.38. The van der Waals surface area contributed by atoms with Gasteiger partial charge in [0.2, 0.25) is 0 Å². The number of hydrogen-bond acceptors (Lipinski definition) is 1. The van der Waals surface area contributed by atoms with Gasteiger partial charge in [0.15, 0.2) is 0 Å². The number of aliphatic hydroxyl groups excluding tert-OH is 1. The fraction of sp³-hybridized carbons (Fsp3) is 1.00. The first kappa shape index (κ1) is 7.60. The van der Waals surface area contributed by atoms with E-state index in [1.807, 2.05) is 0 Å². The van der Waals surface area contributed by atoms with E-state index in [-0.39, 0.29) is 0 Å². The molecule has 1 heteroatoms. The fourth-order valence-corrected chi connectivity index (χ4v) is 3.61. The Morgan fingerprint density at radius 1 is 1.36 bits per heavy atom. The molecule has 0 aliphatic heterocycles. The van der Waals surface area contributed by atoms with E-state index in [1.54, 1.807) is 0 Å². The van der Waals surface area contributed by atoms with E-state index >= 15 is 0 Å². The highest BCUT2D eigenvalue weighted by atomic mass is 16.3. The van der Waals surface area contributed by atoms with Crippen molar-refractivity contribution in [3.8, 4) is 0 Å². The highest BCUT2D eigenvalue weighted by Crippen LogP contribution is 2.73. The molecule has 0 amide bonds. The van der Waals surface area contributed by atoms with Gasteiger partial charge in [0.25, 0.3) is 0 Å². The second-order valence-electron chi connectivity index (χ2n) is 5.07. The Balaban J connectivity index is 2.28. The normalized spacial score (nSPS) is 52.4. The average molecular weight is 154 g/mol. The SMILES string of the molecule is CC1(C)[C@H]2CC[C@@]1(C)[C@@H]2CO. The summed E-state index contributed by atoms with van der Waals surface area (Å²) in [5, 5.41) is 9.16. The van der Waals surface area contributed by atoms with Gasteiger partial charge in [-0.3, -0.25) is 0 Å². The molecule has 0 heterocycles. The Morgan fingerprint density at radius 3 is 2.18 bits per heavy atom. The topological polar surface area (TPSA) is 20.2 Å². The Kier molecular flexibility index (Phi) is 1.26. The summed E-state index contributed by atoms with van der Waals surface area (Å²) in [6.07, 6.45) is 2.67. The van der Waals surface area contributed by atoms with Crippen LogP contribution in [0.5, 0.6) is 0 Å². The Bertz CT molecular complexity index is 185. The summed E-state index contributed by atoms with van der Waals surface area (Å²) in [5.74, 6) is 1.41. The van der Waals surface area contributed by atoms with Crippen LogP contribution in [0.1, 0.15) is 33.6 Å². The standard InChI is InChI=1S/C10H18O/c1-9(2)7-4-5-10(9,3)8(7)6-11/h7-8,11H,4-6H2,1-3H3/t7-,8+,10-/m0/s1. The molecule has 3 saturated carbocycles. The zero-order valence-electron chi connectivity index (χ0n) is 7.72. The van der Waals surface area contributed by atoms with Crippen LogP contribution in [-0.2, 0) is 0 Å². The van der Waals surface area contributed by atoms with E-state index in [0.717, 1.165) is 5.92 Å². The van der Waals surface area contributed by atoms with E-state index in [4.69, 9.17) is 5.11 Å². The fourth-order valence-electron chi connectivity index (χ4n) is 3.61. The third kappa shape index (κ3) is 0.581. The third-order valence-electron chi connectivity index (χ3n) is 4.87. The molecule has 3 aliphatic rings. The van der Waals surface area contributed by atoms with Crippen LogP contribution in [0.4, 0.5) is 0 Å². The molecule has 0 saturated heterocycles. The molecule has 0 unspecified atom stereocenters. The van der Waals surface area contributed by atoms with Crippen molar-refractivity contribution in [1.29, 1.82) is 0 Å². The molecule has 0 aromatic heterocycles. The zero-order chi connectivity index (χ0) is 8.28. The van der Waals surface area contributed by atoms with Crippen LogP contribution in [0.25, 0.3) is 0 Å². The predicted octanol–water partition coefficient (Wildman–Crippen LogP) is 2.05. The molecule has 0 aromatic rings. The summed E-state index contributed by atoms with van der Waals surface area (Å²) in [5.41, 5.74) is 0.951. The lowest BCUT2D eigenvalue weighted by Gasteiger charge is -2.59. The second kappa shape index (κ2) is 1.82. The van der Waals surface area contributed by atoms with Crippen molar-refractivity contribution in [2.45, 2.75) is 33.6 Å². The van der Waals surface area contributed by atoms with E-state index in [9.17, 15) is 0 Å². The highest BCUT2D eigenvalue weighted by molar-refractivity contribution is 5.16. The maximum atomic E-state index is 9.16. The summed E-state index contributed by atoms with van der Waals surface area (Å²) in [6, 6.07) is 0. The van der Waals surface area contributed by atoms with Crippen LogP contribution < -0.4 is 0 Å². The Morgan fingerprint density at radius 2 is 2.00 bits per heavy atom. The first-order valence-corrected chi connectivity index (χ1v) is 4.65. The molecular weight excluding hydrogens is 136 g/mol. The van der Waals surface area contributed by atoms with E-state index in [1.165, 1.54) is 12.8 Å². The lowest BCUT2D eigenvalue weighted by molar-refractivity contribution is -0.137. The summed E-state index contributed by atoms with van der Waals surface area (Å²) in [7, 11) is 0. The van der Waals surface area contributed by atoms with Gasteiger partial charge in [-0.1, -0.05) is 20.8 Å². The van der Waals surface area contributed by atoms with Gasteiger partial charge in [-0.15, -0.1) is 0 Å². The van der Waals surface area contributed by atoms with Crippen LogP contribution in [0.3, 0.4) is 0 Å². The van der Waals surface area contributed by atoms with Gasteiger partial charge in [0.1, 0.15) is 0 Å². The summed E-state index contributed by atoms with van der Waals surface area (Å²) in [6.45, 7) is 7.47. The minimum Gasteiger partial charge on any atom is -0.396 e. The second-order valence-corrected chi connectivity index (χ2v) is 5.07. The molecule has 64 valence electrons. The minimum atomic E-state index is 0.407. The van der Waals surface area contributed by atoms with Crippen LogP contribution in [0.2, 0.25) is 0 Å². The quantitative estimate of drug-likeness (QED) is 0.613. The molecule has 1 nitrogen and oxygen atoms in total. The van der Waals surface area contributed by atoms with Gasteiger partial charge < -0.3 is 5.11 Å². The van der Waals surface area contributed by atoms with Crippen molar-refractivity contribution < 1.29 is 5.11 Å². The monoisotopic (exact) mass is 154 g/mol. The smallest absolute Gasteiger partial charge is 0.0467 e. The van der Waals surface area contributed by atoms with Gasteiger partial charge in [-0.2, -0.15) is 0 Å². The summed E-state index contributed by atoms with van der Waals surface area (Å²) >= 11 is 0. The highest BCUT2D eigenvalue weighted by Gasteiger charge is 2.67. The maximum absolute atomic E-state index is 9.16. The molecule has 2 bridgehead atoms. The molecule has 1 N–H and O–H groups in total.